The number of hydrazone groups is 1. The first-order chi connectivity index (χ1) is 11.6. The Morgan fingerprint density at radius 1 is 1.21 bits per heavy atom. The van der Waals surface area contributed by atoms with Gasteiger partial charge in [-0.3, -0.25) is 9.59 Å². The van der Waals surface area contributed by atoms with Crippen LogP contribution in [0.5, 0.6) is 0 Å². The number of hydrogen-bond acceptors (Lipinski definition) is 3. The van der Waals surface area contributed by atoms with Gasteiger partial charge in [0.2, 0.25) is 11.8 Å². The lowest BCUT2D eigenvalue weighted by atomic mass is 9.86. The molecule has 1 aliphatic carbocycles. The summed E-state index contributed by atoms with van der Waals surface area (Å²) in [6, 6.07) is 10.1. The Hall–Kier alpha value is -2.17. The number of rotatable bonds is 4. The minimum absolute atomic E-state index is 0.0123. The minimum atomic E-state index is -0.111. The third-order valence-corrected chi connectivity index (χ3v) is 4.96. The van der Waals surface area contributed by atoms with E-state index in [0.717, 1.165) is 30.5 Å². The molecule has 3 rings (SSSR count). The van der Waals surface area contributed by atoms with Gasteiger partial charge in [0.05, 0.1) is 5.71 Å². The van der Waals surface area contributed by atoms with Gasteiger partial charge in [-0.15, -0.1) is 0 Å². The molecule has 1 fully saturated rings. The summed E-state index contributed by atoms with van der Waals surface area (Å²) in [7, 11) is 0. The molecule has 1 aromatic rings. The third kappa shape index (κ3) is 4.02. The van der Waals surface area contributed by atoms with Gasteiger partial charge in [-0.1, -0.05) is 50.1 Å². The van der Waals surface area contributed by atoms with Crippen molar-refractivity contribution in [3.63, 3.8) is 0 Å². The van der Waals surface area contributed by atoms with Crippen LogP contribution in [0, 0.1) is 5.92 Å². The molecular weight excluding hydrogens is 302 g/mol. The fraction of sp³-hybridized carbons (Fsp3) is 0.526. The van der Waals surface area contributed by atoms with E-state index in [1.54, 1.807) is 0 Å². The quantitative estimate of drug-likeness (QED) is 0.924. The average Bonchev–Trinajstić information content (AvgIpc) is 2.60. The Labute approximate surface area is 143 Å². The molecule has 24 heavy (non-hydrogen) atoms. The van der Waals surface area contributed by atoms with E-state index in [0.29, 0.717) is 18.8 Å². The molecule has 0 spiro atoms. The zero-order valence-electron chi connectivity index (χ0n) is 14.2. The summed E-state index contributed by atoms with van der Waals surface area (Å²) in [6.45, 7) is 2.19. The summed E-state index contributed by atoms with van der Waals surface area (Å²) in [5.74, 6) is 0.310. The topological polar surface area (TPSA) is 61.8 Å². The van der Waals surface area contributed by atoms with Gasteiger partial charge >= 0.3 is 0 Å². The van der Waals surface area contributed by atoms with Crippen LogP contribution >= 0.6 is 0 Å². The third-order valence-electron chi connectivity index (χ3n) is 4.96. The normalized spacial score (nSPS) is 24.5. The Balaban J connectivity index is 1.64. The fourth-order valence-electron chi connectivity index (χ4n) is 3.48. The van der Waals surface area contributed by atoms with E-state index in [9.17, 15) is 9.59 Å². The Morgan fingerprint density at radius 2 is 1.96 bits per heavy atom. The van der Waals surface area contributed by atoms with Crippen molar-refractivity contribution in [1.82, 2.24) is 10.3 Å². The lowest BCUT2D eigenvalue weighted by Crippen LogP contribution is -2.46. The van der Waals surface area contributed by atoms with E-state index in [2.05, 4.69) is 17.3 Å². The molecule has 5 heteroatoms. The Morgan fingerprint density at radius 3 is 2.71 bits per heavy atom. The van der Waals surface area contributed by atoms with Crippen molar-refractivity contribution in [2.75, 3.05) is 6.54 Å². The maximum Gasteiger partial charge on any atom is 0.243 e. The molecular formula is C19H25N3O2. The summed E-state index contributed by atoms with van der Waals surface area (Å²) in [5, 5.41) is 8.84. The van der Waals surface area contributed by atoms with Crippen LogP contribution in [0.25, 0.3) is 0 Å². The van der Waals surface area contributed by atoms with Gasteiger partial charge in [0.15, 0.2) is 0 Å². The molecule has 0 radical (unpaired) electrons. The first-order valence-electron chi connectivity index (χ1n) is 8.86. The predicted octanol–water partition coefficient (Wildman–Crippen LogP) is 2.71. The fourth-order valence-corrected chi connectivity index (χ4v) is 3.48. The number of nitrogens with zero attached hydrogens (tertiary/aromatic N) is 2. The summed E-state index contributed by atoms with van der Waals surface area (Å²) in [6.07, 6.45) is 5.61. The van der Waals surface area contributed by atoms with Crippen LogP contribution in [0.3, 0.4) is 0 Å². The highest BCUT2D eigenvalue weighted by atomic mass is 16.2. The highest BCUT2D eigenvalue weighted by Gasteiger charge is 2.26. The zero-order valence-corrected chi connectivity index (χ0v) is 14.2. The molecule has 1 aromatic carbocycles. The molecule has 1 N–H and O–H groups in total. The number of carbonyl (C=O) groups excluding carboxylic acids is 2. The maximum atomic E-state index is 12.3. The molecule has 0 saturated heterocycles. The summed E-state index contributed by atoms with van der Waals surface area (Å²) >= 11 is 0. The van der Waals surface area contributed by atoms with Crippen LogP contribution < -0.4 is 5.32 Å². The maximum absolute atomic E-state index is 12.3. The van der Waals surface area contributed by atoms with Crippen molar-refractivity contribution in [3.05, 3.63) is 35.9 Å². The van der Waals surface area contributed by atoms with Crippen molar-refractivity contribution in [2.45, 2.75) is 51.5 Å². The molecule has 128 valence electrons. The monoisotopic (exact) mass is 327 g/mol. The van der Waals surface area contributed by atoms with Crippen LogP contribution in [-0.4, -0.2) is 35.1 Å². The molecule has 1 heterocycles. The van der Waals surface area contributed by atoms with E-state index in [1.165, 1.54) is 11.4 Å². The van der Waals surface area contributed by atoms with Gasteiger partial charge in [0.1, 0.15) is 6.54 Å². The van der Waals surface area contributed by atoms with E-state index in [1.807, 2.05) is 30.3 Å². The van der Waals surface area contributed by atoms with Crippen molar-refractivity contribution in [1.29, 1.82) is 0 Å². The van der Waals surface area contributed by atoms with E-state index >= 15 is 0 Å². The molecule has 2 aliphatic rings. The van der Waals surface area contributed by atoms with Gasteiger partial charge in [-0.25, -0.2) is 5.01 Å². The predicted molar refractivity (Wildman–Crippen MR) is 93.5 cm³/mol. The van der Waals surface area contributed by atoms with Crippen LogP contribution in [0.4, 0.5) is 0 Å². The Bertz CT molecular complexity index is 627. The van der Waals surface area contributed by atoms with E-state index in [4.69, 9.17) is 0 Å². The first-order valence-corrected chi connectivity index (χ1v) is 8.86. The molecule has 2 amide bonds. The van der Waals surface area contributed by atoms with Crippen molar-refractivity contribution < 1.29 is 9.59 Å². The molecule has 1 saturated carbocycles. The smallest absolute Gasteiger partial charge is 0.243 e. The van der Waals surface area contributed by atoms with Crippen LogP contribution in [0.15, 0.2) is 35.4 Å². The SMILES string of the molecule is CC1CCCCC1NC(=O)CN1N=C(c2ccccc2)CCC1=O. The van der Waals surface area contributed by atoms with Crippen LogP contribution in [-0.2, 0) is 9.59 Å². The lowest BCUT2D eigenvalue weighted by Gasteiger charge is -2.30. The summed E-state index contributed by atoms with van der Waals surface area (Å²) in [5.41, 5.74) is 1.88. The number of benzene rings is 1. The molecule has 0 aromatic heterocycles. The number of hydrogen-bond donors (Lipinski definition) is 1. The van der Waals surface area contributed by atoms with Crippen molar-refractivity contribution in [2.24, 2.45) is 11.0 Å². The molecule has 5 nitrogen and oxygen atoms in total. The molecule has 0 bridgehead atoms. The number of carbonyl (C=O) groups is 2. The van der Waals surface area contributed by atoms with Gasteiger partial charge < -0.3 is 5.32 Å². The zero-order chi connectivity index (χ0) is 16.9. The lowest BCUT2D eigenvalue weighted by molar-refractivity contribution is -0.136. The second kappa shape index (κ2) is 7.60. The Kier molecular flexibility index (Phi) is 5.28. The van der Waals surface area contributed by atoms with Crippen molar-refractivity contribution >= 4 is 17.5 Å². The summed E-state index contributed by atoms with van der Waals surface area (Å²) in [4.78, 5) is 24.4. The van der Waals surface area contributed by atoms with Crippen LogP contribution in [0.2, 0.25) is 0 Å². The second-order valence-electron chi connectivity index (χ2n) is 6.80. The minimum Gasteiger partial charge on any atom is -0.351 e. The van der Waals surface area contributed by atoms with Gasteiger partial charge in [0, 0.05) is 18.9 Å². The standard InChI is InChI=1S/C19H25N3O2/c1-14-7-5-6-10-16(14)20-18(23)13-22-19(24)12-11-17(21-22)15-8-3-2-4-9-15/h2-4,8-9,14,16H,5-7,10-13H2,1H3,(H,20,23). The first kappa shape index (κ1) is 16.7. The molecule has 1 aliphatic heterocycles. The second-order valence-corrected chi connectivity index (χ2v) is 6.80. The van der Waals surface area contributed by atoms with Crippen LogP contribution in [0.1, 0.15) is 51.0 Å². The highest BCUT2D eigenvalue weighted by molar-refractivity contribution is 6.04. The number of amides is 2. The van der Waals surface area contributed by atoms with E-state index in [-0.39, 0.29) is 24.4 Å². The van der Waals surface area contributed by atoms with E-state index < -0.39 is 0 Å². The number of nitrogens with one attached hydrogen (secondary N) is 1. The van der Waals surface area contributed by atoms with Crippen molar-refractivity contribution in [3.8, 4) is 0 Å². The largest absolute Gasteiger partial charge is 0.351 e. The highest BCUT2D eigenvalue weighted by Crippen LogP contribution is 2.23. The molecule has 2 unspecified atom stereocenters. The van der Waals surface area contributed by atoms with Gasteiger partial charge in [-0.05, 0) is 24.3 Å². The van der Waals surface area contributed by atoms with Gasteiger partial charge in [0.25, 0.3) is 0 Å². The average molecular weight is 327 g/mol. The van der Waals surface area contributed by atoms with Gasteiger partial charge in [-0.2, -0.15) is 5.10 Å². The molecule has 2 atom stereocenters. The summed E-state index contributed by atoms with van der Waals surface area (Å²) < 4.78 is 0.